The molecule has 0 unspecified atom stereocenters. The van der Waals surface area contributed by atoms with E-state index in [-0.39, 0.29) is 17.9 Å². The van der Waals surface area contributed by atoms with Crippen molar-refractivity contribution < 1.29 is 19.4 Å². The Morgan fingerprint density at radius 3 is 2.39 bits per heavy atom. The number of benzene rings is 2. The number of carbonyl (C=O) groups is 2. The molecule has 6 nitrogen and oxygen atoms in total. The molecule has 4 rings (SSSR count). The van der Waals surface area contributed by atoms with Crippen LogP contribution in [0.1, 0.15) is 23.6 Å². The molecule has 31 heavy (non-hydrogen) atoms. The van der Waals surface area contributed by atoms with E-state index in [2.05, 4.69) is 37.4 Å². The van der Waals surface area contributed by atoms with E-state index in [1.807, 2.05) is 36.1 Å². The second kappa shape index (κ2) is 9.20. The number of anilines is 2. The number of piperazine rings is 1. The number of amides is 2. The van der Waals surface area contributed by atoms with Gasteiger partial charge in [0.25, 0.3) is 11.8 Å². The second-order valence-electron chi connectivity index (χ2n) is 9.09. The molecule has 1 saturated heterocycles. The van der Waals surface area contributed by atoms with Crippen molar-refractivity contribution in [1.82, 2.24) is 0 Å². The summed E-state index contributed by atoms with van der Waals surface area (Å²) in [6.45, 7) is 10.9. The summed E-state index contributed by atoms with van der Waals surface area (Å²) in [4.78, 5) is 30.2. The number of para-hydroxylation sites is 1. The van der Waals surface area contributed by atoms with Crippen LogP contribution in [0.3, 0.4) is 0 Å². The normalized spacial score (nSPS) is 22.8. The van der Waals surface area contributed by atoms with Gasteiger partial charge in [0.2, 0.25) is 0 Å². The Morgan fingerprint density at radius 2 is 1.65 bits per heavy atom. The van der Waals surface area contributed by atoms with Crippen molar-refractivity contribution in [3.8, 4) is 0 Å². The van der Waals surface area contributed by atoms with E-state index >= 15 is 0 Å². The zero-order valence-corrected chi connectivity index (χ0v) is 18.8. The van der Waals surface area contributed by atoms with Crippen LogP contribution in [0.4, 0.5) is 11.4 Å². The summed E-state index contributed by atoms with van der Waals surface area (Å²) in [5.74, 6) is 0.272. The van der Waals surface area contributed by atoms with E-state index in [9.17, 15) is 9.59 Å². The molecular weight excluding hydrogens is 388 g/mol. The van der Waals surface area contributed by atoms with E-state index in [1.165, 1.54) is 20.9 Å². The van der Waals surface area contributed by atoms with Crippen molar-refractivity contribution >= 4 is 23.2 Å². The standard InChI is InChI=1S/C25H32N4O2/c1-18-7-6-9-22(20(18)3)26-24(30)16-27-11-13-28(14-12-27)17-25(31)29-19(2)15-21-8-4-5-10-23(21)29/h4-10,19H,11-17H2,1-3H3,(H,26,30)/p+2/t19-/m1/s1. The Hall–Kier alpha value is -2.70. The quantitative estimate of drug-likeness (QED) is 0.636. The van der Waals surface area contributed by atoms with Crippen molar-refractivity contribution in [3.63, 3.8) is 0 Å². The number of hydrogen-bond acceptors (Lipinski definition) is 2. The number of nitrogens with one attached hydrogen (secondary N) is 3. The highest BCUT2D eigenvalue weighted by atomic mass is 16.2. The van der Waals surface area contributed by atoms with Gasteiger partial charge in [0.05, 0.1) is 0 Å². The first-order chi connectivity index (χ1) is 14.9. The first-order valence-corrected chi connectivity index (χ1v) is 11.4. The van der Waals surface area contributed by atoms with Crippen LogP contribution in [0.2, 0.25) is 0 Å². The molecule has 0 spiro atoms. The van der Waals surface area contributed by atoms with Crippen LogP contribution in [0.15, 0.2) is 42.5 Å². The monoisotopic (exact) mass is 422 g/mol. The van der Waals surface area contributed by atoms with Gasteiger partial charge in [0.15, 0.2) is 13.1 Å². The first kappa shape index (κ1) is 21.5. The van der Waals surface area contributed by atoms with Gasteiger partial charge in [-0.15, -0.1) is 0 Å². The Morgan fingerprint density at radius 1 is 0.968 bits per heavy atom. The predicted molar refractivity (Wildman–Crippen MR) is 123 cm³/mol. The number of fused-ring (bicyclic) bond motifs is 1. The molecule has 2 aliphatic rings. The first-order valence-electron chi connectivity index (χ1n) is 11.4. The molecule has 2 aromatic rings. The third kappa shape index (κ3) is 4.81. The largest absolute Gasteiger partial charge is 0.321 e. The third-order valence-corrected chi connectivity index (χ3v) is 6.83. The van der Waals surface area contributed by atoms with Crippen molar-refractivity contribution in [3.05, 3.63) is 59.2 Å². The molecule has 0 radical (unpaired) electrons. The maximum absolute atomic E-state index is 13.0. The van der Waals surface area contributed by atoms with E-state index in [0.717, 1.165) is 49.5 Å². The molecular formula is C25H34N4O2+2. The van der Waals surface area contributed by atoms with Gasteiger partial charge >= 0.3 is 0 Å². The lowest BCUT2D eigenvalue weighted by atomic mass is 10.1. The highest BCUT2D eigenvalue weighted by molar-refractivity contribution is 5.96. The van der Waals surface area contributed by atoms with Crippen LogP contribution in [0, 0.1) is 13.8 Å². The minimum atomic E-state index is 0.0609. The van der Waals surface area contributed by atoms with E-state index in [4.69, 9.17) is 0 Å². The molecule has 0 aromatic heterocycles. The second-order valence-corrected chi connectivity index (χ2v) is 9.09. The van der Waals surface area contributed by atoms with Crippen LogP contribution in [0.25, 0.3) is 0 Å². The molecule has 1 atom stereocenters. The maximum Gasteiger partial charge on any atom is 0.282 e. The zero-order valence-electron chi connectivity index (χ0n) is 18.8. The third-order valence-electron chi connectivity index (χ3n) is 6.83. The Labute approximate surface area is 184 Å². The fraction of sp³-hybridized carbons (Fsp3) is 0.440. The molecule has 0 aliphatic carbocycles. The lowest BCUT2D eigenvalue weighted by Crippen LogP contribution is -3.28. The molecule has 1 fully saturated rings. The van der Waals surface area contributed by atoms with E-state index in [1.54, 1.807) is 0 Å². The van der Waals surface area contributed by atoms with E-state index in [0.29, 0.717) is 13.1 Å². The van der Waals surface area contributed by atoms with Gasteiger partial charge in [-0.1, -0.05) is 30.3 Å². The van der Waals surface area contributed by atoms with Crippen LogP contribution in [-0.2, 0) is 16.0 Å². The lowest BCUT2D eigenvalue weighted by Gasteiger charge is -2.31. The number of aryl methyl sites for hydroxylation is 1. The van der Waals surface area contributed by atoms with Gasteiger partial charge < -0.3 is 20.0 Å². The molecule has 164 valence electrons. The highest BCUT2D eigenvalue weighted by Crippen LogP contribution is 2.31. The van der Waals surface area contributed by atoms with Gasteiger partial charge in [0.1, 0.15) is 26.2 Å². The number of carbonyl (C=O) groups excluding carboxylic acids is 2. The van der Waals surface area contributed by atoms with Gasteiger partial charge in [-0.25, -0.2) is 0 Å². The summed E-state index contributed by atoms with van der Waals surface area (Å²) in [7, 11) is 0. The van der Waals surface area contributed by atoms with E-state index < -0.39 is 0 Å². The van der Waals surface area contributed by atoms with Gasteiger partial charge in [-0.3, -0.25) is 9.59 Å². The number of nitrogens with zero attached hydrogens (tertiary/aromatic N) is 1. The molecule has 2 aromatic carbocycles. The Kier molecular flexibility index (Phi) is 6.39. The van der Waals surface area contributed by atoms with Crippen LogP contribution >= 0.6 is 0 Å². The summed E-state index contributed by atoms with van der Waals surface area (Å²) in [5, 5.41) is 3.07. The van der Waals surface area contributed by atoms with Crippen LogP contribution in [0.5, 0.6) is 0 Å². The fourth-order valence-electron chi connectivity index (χ4n) is 4.86. The smallest absolute Gasteiger partial charge is 0.282 e. The summed E-state index contributed by atoms with van der Waals surface area (Å²) < 4.78 is 0. The van der Waals surface area contributed by atoms with Gasteiger partial charge in [0, 0.05) is 17.4 Å². The average Bonchev–Trinajstić information content (AvgIpc) is 3.08. The summed E-state index contributed by atoms with van der Waals surface area (Å²) >= 11 is 0. The molecule has 6 heteroatoms. The van der Waals surface area contributed by atoms with Gasteiger partial charge in [-0.05, 0) is 56.0 Å². The number of hydrogen-bond donors (Lipinski definition) is 3. The topological polar surface area (TPSA) is 58.3 Å². The summed E-state index contributed by atoms with van der Waals surface area (Å²) in [6, 6.07) is 14.5. The van der Waals surface area contributed by atoms with Crippen LogP contribution in [-0.4, -0.2) is 57.1 Å². The highest BCUT2D eigenvalue weighted by Gasteiger charge is 2.34. The Balaban J connectivity index is 1.26. The molecule has 2 heterocycles. The Bertz CT molecular complexity index is 966. The molecule has 2 aliphatic heterocycles. The molecule has 0 bridgehead atoms. The van der Waals surface area contributed by atoms with Crippen molar-refractivity contribution in [1.29, 1.82) is 0 Å². The molecule has 0 saturated carbocycles. The fourth-order valence-corrected chi connectivity index (χ4v) is 4.86. The lowest BCUT2D eigenvalue weighted by molar-refractivity contribution is -1.00. The zero-order chi connectivity index (χ0) is 22.0. The molecule has 2 amide bonds. The number of rotatable bonds is 5. The minimum absolute atomic E-state index is 0.0609. The maximum atomic E-state index is 13.0. The van der Waals surface area contributed by atoms with Crippen molar-refractivity contribution in [2.45, 2.75) is 33.2 Å². The number of quaternary nitrogens is 2. The van der Waals surface area contributed by atoms with Crippen LogP contribution < -0.4 is 20.0 Å². The molecule has 3 N–H and O–H groups in total. The van der Waals surface area contributed by atoms with Crippen molar-refractivity contribution in [2.75, 3.05) is 49.5 Å². The minimum Gasteiger partial charge on any atom is -0.321 e. The predicted octanol–water partition coefficient (Wildman–Crippen LogP) is 0.00314. The summed E-state index contributed by atoms with van der Waals surface area (Å²) in [6.07, 6.45) is 0.935. The SMILES string of the molecule is Cc1cccc(NC(=O)C[NH+]2CC[NH+](CC(=O)N3c4ccccc4C[C@H]3C)CC2)c1C. The van der Waals surface area contributed by atoms with Gasteiger partial charge in [-0.2, -0.15) is 0 Å². The summed E-state index contributed by atoms with van der Waals surface area (Å²) in [5.41, 5.74) is 5.55. The van der Waals surface area contributed by atoms with Crippen molar-refractivity contribution in [2.24, 2.45) is 0 Å². The average molecular weight is 423 g/mol.